The summed E-state index contributed by atoms with van der Waals surface area (Å²) in [7, 11) is 0. The van der Waals surface area contributed by atoms with Gasteiger partial charge in [0.15, 0.2) is 0 Å². The van der Waals surface area contributed by atoms with Gasteiger partial charge in [-0.25, -0.2) is 0 Å². The lowest BCUT2D eigenvalue weighted by Gasteiger charge is -2.23. The molecule has 1 fully saturated rings. The summed E-state index contributed by atoms with van der Waals surface area (Å²) in [4.78, 5) is 31.8. The second kappa shape index (κ2) is 7.66. The van der Waals surface area contributed by atoms with Crippen LogP contribution in [0.1, 0.15) is 43.6 Å². The highest BCUT2D eigenvalue weighted by Crippen LogP contribution is 2.13. The first kappa shape index (κ1) is 17.6. The van der Waals surface area contributed by atoms with E-state index in [1.807, 2.05) is 29.7 Å². The minimum Gasteiger partial charge on any atom is -0.362 e. The van der Waals surface area contributed by atoms with Gasteiger partial charge in [0.05, 0.1) is 6.42 Å². The van der Waals surface area contributed by atoms with Crippen LogP contribution in [0.3, 0.4) is 0 Å². The lowest BCUT2D eigenvalue weighted by molar-refractivity contribution is -0.133. The average Bonchev–Trinajstić information content (AvgIpc) is 2.67. The molecule has 23 heavy (non-hydrogen) atoms. The summed E-state index contributed by atoms with van der Waals surface area (Å²) in [5.74, 6) is 0.750. The van der Waals surface area contributed by atoms with E-state index in [0.717, 1.165) is 36.5 Å². The molecule has 1 saturated heterocycles. The fraction of sp³-hybridized carbons (Fsp3) is 0.667. The molecule has 1 aromatic heterocycles. The maximum Gasteiger partial charge on any atom is 0.227 e. The third-order valence-corrected chi connectivity index (χ3v) is 4.38. The van der Waals surface area contributed by atoms with Crippen molar-refractivity contribution in [3.63, 3.8) is 0 Å². The quantitative estimate of drug-likeness (QED) is 0.925. The van der Waals surface area contributed by atoms with E-state index in [1.54, 1.807) is 0 Å². The van der Waals surface area contributed by atoms with Gasteiger partial charge >= 0.3 is 0 Å². The Hall–Kier alpha value is -1.78. The van der Waals surface area contributed by atoms with E-state index in [0.29, 0.717) is 31.8 Å². The Labute approximate surface area is 139 Å². The zero-order valence-corrected chi connectivity index (χ0v) is 14.8. The number of hydrogen-bond donors (Lipinski definition) is 1. The first-order valence-electron chi connectivity index (χ1n) is 8.57. The van der Waals surface area contributed by atoms with Crippen molar-refractivity contribution in [2.45, 2.75) is 47.0 Å². The van der Waals surface area contributed by atoms with Gasteiger partial charge in [0, 0.05) is 44.0 Å². The zero-order chi connectivity index (χ0) is 17.0. The van der Waals surface area contributed by atoms with Crippen molar-refractivity contribution in [3.05, 3.63) is 23.0 Å². The minimum atomic E-state index is 0.158. The Morgan fingerprint density at radius 3 is 2.22 bits per heavy atom. The van der Waals surface area contributed by atoms with Crippen molar-refractivity contribution in [1.29, 1.82) is 0 Å². The molecule has 0 unspecified atom stereocenters. The molecule has 128 valence electrons. The summed E-state index contributed by atoms with van der Waals surface area (Å²) in [6.45, 7) is 10.9. The van der Waals surface area contributed by atoms with Crippen molar-refractivity contribution >= 4 is 11.8 Å². The molecular formula is C18H29N3O2. The molecule has 2 amide bonds. The molecule has 0 bridgehead atoms. The number of aryl methyl sites for hydroxylation is 2. The van der Waals surface area contributed by atoms with E-state index in [4.69, 9.17) is 0 Å². The Morgan fingerprint density at radius 1 is 1.09 bits per heavy atom. The van der Waals surface area contributed by atoms with E-state index < -0.39 is 0 Å². The molecule has 1 aromatic rings. The lowest BCUT2D eigenvalue weighted by atomic mass is 10.1. The fourth-order valence-corrected chi connectivity index (χ4v) is 3.13. The Bertz CT molecular complexity index is 563. The van der Waals surface area contributed by atoms with Crippen LogP contribution in [0.5, 0.6) is 0 Å². The molecule has 5 heteroatoms. The molecule has 5 nitrogen and oxygen atoms in total. The van der Waals surface area contributed by atoms with Crippen LogP contribution in [0.15, 0.2) is 6.07 Å². The number of nitrogens with zero attached hydrogens (tertiary/aromatic N) is 2. The Balaban J connectivity index is 1.91. The van der Waals surface area contributed by atoms with Crippen LogP contribution in [0, 0.1) is 19.8 Å². The topological polar surface area (TPSA) is 56.4 Å². The predicted molar refractivity (Wildman–Crippen MR) is 91.2 cm³/mol. The van der Waals surface area contributed by atoms with Crippen LogP contribution in [0.2, 0.25) is 0 Å². The second-order valence-corrected chi connectivity index (χ2v) is 6.99. The summed E-state index contributed by atoms with van der Waals surface area (Å²) >= 11 is 0. The monoisotopic (exact) mass is 319 g/mol. The summed E-state index contributed by atoms with van der Waals surface area (Å²) in [5.41, 5.74) is 3.23. The highest BCUT2D eigenvalue weighted by molar-refractivity contribution is 5.79. The maximum atomic E-state index is 12.5. The largest absolute Gasteiger partial charge is 0.362 e. The summed E-state index contributed by atoms with van der Waals surface area (Å²) in [6, 6.07) is 2.05. The molecule has 2 heterocycles. The molecule has 1 N–H and O–H groups in total. The number of hydrogen-bond acceptors (Lipinski definition) is 2. The number of amides is 2. The molecule has 0 aliphatic carbocycles. The molecular weight excluding hydrogens is 290 g/mol. The molecule has 0 atom stereocenters. The van der Waals surface area contributed by atoms with Gasteiger partial charge in [0.2, 0.25) is 11.8 Å². The predicted octanol–water partition coefficient (Wildman–Crippen LogP) is 2.28. The molecule has 0 saturated carbocycles. The molecule has 2 rings (SSSR count). The second-order valence-electron chi connectivity index (χ2n) is 6.99. The van der Waals surface area contributed by atoms with Gasteiger partial charge < -0.3 is 14.8 Å². The van der Waals surface area contributed by atoms with Crippen LogP contribution >= 0.6 is 0 Å². The third kappa shape index (κ3) is 4.85. The van der Waals surface area contributed by atoms with Gasteiger partial charge in [-0.3, -0.25) is 9.59 Å². The number of aromatic amines is 1. The zero-order valence-electron chi connectivity index (χ0n) is 14.8. The van der Waals surface area contributed by atoms with Gasteiger partial charge in [-0.1, -0.05) is 13.8 Å². The maximum absolute atomic E-state index is 12.5. The number of rotatable bonds is 4. The normalized spacial score (nSPS) is 15.9. The van der Waals surface area contributed by atoms with Crippen molar-refractivity contribution in [2.75, 3.05) is 26.2 Å². The first-order valence-corrected chi connectivity index (χ1v) is 8.57. The molecule has 0 spiro atoms. The summed E-state index contributed by atoms with van der Waals surface area (Å²) < 4.78 is 0. The minimum absolute atomic E-state index is 0.158. The highest BCUT2D eigenvalue weighted by atomic mass is 16.2. The average molecular weight is 319 g/mol. The van der Waals surface area contributed by atoms with Crippen LogP contribution in [-0.2, 0) is 16.0 Å². The number of H-pyrrole nitrogens is 1. The number of carbonyl (C=O) groups excluding carboxylic acids is 2. The first-order chi connectivity index (χ1) is 10.9. The van der Waals surface area contributed by atoms with Gasteiger partial charge in [0.1, 0.15) is 0 Å². The number of aromatic nitrogens is 1. The van der Waals surface area contributed by atoms with Gasteiger partial charge in [-0.05, 0) is 37.8 Å². The number of nitrogens with one attached hydrogen (secondary N) is 1. The van der Waals surface area contributed by atoms with Gasteiger partial charge in [-0.2, -0.15) is 0 Å². The Kier molecular flexibility index (Phi) is 5.85. The third-order valence-electron chi connectivity index (χ3n) is 4.38. The lowest BCUT2D eigenvalue weighted by Crippen LogP contribution is -2.38. The van der Waals surface area contributed by atoms with Crippen LogP contribution in [0.25, 0.3) is 0 Å². The van der Waals surface area contributed by atoms with E-state index >= 15 is 0 Å². The van der Waals surface area contributed by atoms with Crippen molar-refractivity contribution < 1.29 is 9.59 Å². The van der Waals surface area contributed by atoms with Crippen LogP contribution in [0.4, 0.5) is 0 Å². The van der Waals surface area contributed by atoms with E-state index in [1.165, 1.54) is 0 Å². The highest BCUT2D eigenvalue weighted by Gasteiger charge is 2.22. The SMILES string of the molecule is Cc1cc(CC(=O)N2CCCN(C(=O)CC(C)C)CC2)c(C)[nH]1. The van der Waals surface area contributed by atoms with Gasteiger partial charge in [-0.15, -0.1) is 0 Å². The number of carbonyl (C=O) groups is 2. The van der Waals surface area contributed by atoms with Gasteiger partial charge in [0.25, 0.3) is 0 Å². The standard InChI is InChI=1S/C18H29N3O2/c1-13(2)10-17(22)20-6-5-7-21(9-8-20)18(23)12-16-11-14(3)19-15(16)4/h11,13,19H,5-10,12H2,1-4H3. The fourth-order valence-electron chi connectivity index (χ4n) is 3.13. The summed E-state index contributed by atoms with van der Waals surface area (Å²) in [6.07, 6.45) is 1.90. The van der Waals surface area contributed by atoms with E-state index in [-0.39, 0.29) is 11.8 Å². The summed E-state index contributed by atoms with van der Waals surface area (Å²) in [5, 5.41) is 0. The Morgan fingerprint density at radius 2 is 1.70 bits per heavy atom. The molecule has 0 aromatic carbocycles. The molecule has 1 aliphatic heterocycles. The molecule has 1 aliphatic rings. The smallest absolute Gasteiger partial charge is 0.227 e. The van der Waals surface area contributed by atoms with Crippen molar-refractivity contribution in [1.82, 2.24) is 14.8 Å². The van der Waals surface area contributed by atoms with E-state index in [2.05, 4.69) is 18.8 Å². The van der Waals surface area contributed by atoms with Crippen LogP contribution in [-0.4, -0.2) is 52.8 Å². The van der Waals surface area contributed by atoms with Crippen LogP contribution < -0.4 is 0 Å². The van der Waals surface area contributed by atoms with E-state index in [9.17, 15) is 9.59 Å². The molecule has 0 radical (unpaired) electrons. The van der Waals surface area contributed by atoms with Crippen molar-refractivity contribution in [3.8, 4) is 0 Å². The van der Waals surface area contributed by atoms with Crippen molar-refractivity contribution in [2.24, 2.45) is 5.92 Å².